The summed E-state index contributed by atoms with van der Waals surface area (Å²) in [6, 6.07) is 0. The number of hydrogen-bond acceptors (Lipinski definition) is 5. The zero-order chi connectivity index (χ0) is 10.7. The molecule has 5 nitrogen and oxygen atoms in total. The predicted molar refractivity (Wildman–Crippen MR) is 57.6 cm³/mol. The fourth-order valence-corrected chi connectivity index (χ4v) is 1.80. The maximum Gasteiger partial charge on any atom is 0.240 e. The molecule has 2 N–H and O–H groups in total. The van der Waals surface area contributed by atoms with E-state index in [1.165, 1.54) is 6.33 Å². The summed E-state index contributed by atoms with van der Waals surface area (Å²) in [5, 5.41) is 0. The summed E-state index contributed by atoms with van der Waals surface area (Å²) >= 11 is 0. The molecule has 5 heteroatoms. The molecule has 0 unspecified atom stereocenters. The van der Waals surface area contributed by atoms with Gasteiger partial charge in [-0.15, -0.1) is 0 Å². The van der Waals surface area contributed by atoms with Gasteiger partial charge in [-0.25, -0.2) is 4.98 Å². The van der Waals surface area contributed by atoms with Gasteiger partial charge in [0, 0.05) is 6.54 Å². The lowest BCUT2D eigenvalue weighted by atomic mass is 10.1. The smallest absolute Gasteiger partial charge is 0.240 e. The SMILES string of the molecule is CN1CCC[C@H](Oc2ncncc2N)C1. The zero-order valence-electron chi connectivity index (χ0n) is 8.89. The molecule has 1 aromatic rings. The van der Waals surface area contributed by atoms with Crippen LogP contribution in [-0.4, -0.2) is 41.1 Å². The van der Waals surface area contributed by atoms with Crippen molar-refractivity contribution in [1.29, 1.82) is 0 Å². The monoisotopic (exact) mass is 208 g/mol. The minimum Gasteiger partial charge on any atom is -0.471 e. The highest BCUT2D eigenvalue weighted by Gasteiger charge is 2.19. The van der Waals surface area contributed by atoms with E-state index in [1.807, 2.05) is 0 Å². The second kappa shape index (κ2) is 4.44. The molecule has 2 rings (SSSR count). The van der Waals surface area contributed by atoms with Gasteiger partial charge in [-0.1, -0.05) is 0 Å². The van der Waals surface area contributed by atoms with E-state index in [-0.39, 0.29) is 6.10 Å². The van der Waals surface area contributed by atoms with E-state index in [4.69, 9.17) is 10.5 Å². The van der Waals surface area contributed by atoms with E-state index in [2.05, 4.69) is 21.9 Å². The Morgan fingerprint density at radius 1 is 1.60 bits per heavy atom. The number of rotatable bonds is 2. The van der Waals surface area contributed by atoms with Crippen LogP contribution in [0.2, 0.25) is 0 Å². The first-order valence-corrected chi connectivity index (χ1v) is 5.16. The van der Waals surface area contributed by atoms with Crippen LogP contribution in [0.15, 0.2) is 12.5 Å². The highest BCUT2D eigenvalue weighted by atomic mass is 16.5. The summed E-state index contributed by atoms with van der Waals surface area (Å²) in [5.74, 6) is 0.505. The Bertz CT molecular complexity index is 331. The molecular formula is C10H16N4O. The molecule has 1 fully saturated rings. The number of nitrogen functional groups attached to an aromatic ring is 1. The zero-order valence-corrected chi connectivity index (χ0v) is 8.89. The molecule has 1 saturated heterocycles. The number of anilines is 1. The van der Waals surface area contributed by atoms with Crippen molar-refractivity contribution in [3.8, 4) is 5.88 Å². The summed E-state index contributed by atoms with van der Waals surface area (Å²) < 4.78 is 5.74. The van der Waals surface area contributed by atoms with Gasteiger partial charge in [0.2, 0.25) is 5.88 Å². The molecule has 2 heterocycles. The maximum absolute atomic E-state index is 5.74. The minimum atomic E-state index is 0.195. The Labute approximate surface area is 89.3 Å². The highest BCUT2D eigenvalue weighted by Crippen LogP contribution is 2.20. The lowest BCUT2D eigenvalue weighted by Crippen LogP contribution is -2.38. The summed E-state index contributed by atoms with van der Waals surface area (Å²) in [6.45, 7) is 2.07. The van der Waals surface area contributed by atoms with Gasteiger partial charge in [0.25, 0.3) is 0 Å². The van der Waals surface area contributed by atoms with Crippen molar-refractivity contribution >= 4 is 5.69 Å². The Morgan fingerprint density at radius 3 is 3.20 bits per heavy atom. The maximum atomic E-state index is 5.74. The standard InChI is InChI=1S/C10H16N4O/c1-14-4-2-3-8(6-14)15-10-9(11)5-12-7-13-10/h5,7-8H,2-4,6,11H2,1H3/t8-/m0/s1. The van der Waals surface area contributed by atoms with Crippen molar-refractivity contribution in [3.05, 3.63) is 12.5 Å². The van der Waals surface area contributed by atoms with Gasteiger partial charge in [0.05, 0.1) is 6.20 Å². The number of likely N-dealkylation sites (tertiary alicyclic amines) is 1. The quantitative estimate of drug-likeness (QED) is 0.768. The second-order valence-corrected chi connectivity index (χ2v) is 3.93. The Balaban J connectivity index is 1.99. The molecule has 0 aliphatic carbocycles. The van der Waals surface area contributed by atoms with Crippen LogP contribution in [0.3, 0.4) is 0 Å². The number of ether oxygens (including phenoxy) is 1. The third kappa shape index (κ3) is 2.56. The fourth-order valence-electron chi connectivity index (χ4n) is 1.80. The lowest BCUT2D eigenvalue weighted by molar-refractivity contribution is 0.101. The van der Waals surface area contributed by atoms with Crippen LogP contribution in [-0.2, 0) is 0 Å². The second-order valence-electron chi connectivity index (χ2n) is 3.93. The molecule has 0 saturated carbocycles. The summed E-state index contributed by atoms with van der Waals surface area (Å²) in [4.78, 5) is 10.1. The van der Waals surface area contributed by atoms with Gasteiger partial charge < -0.3 is 15.4 Å². The van der Waals surface area contributed by atoms with Gasteiger partial charge in [-0.2, -0.15) is 4.98 Å². The van der Waals surface area contributed by atoms with E-state index >= 15 is 0 Å². The number of likely N-dealkylation sites (N-methyl/N-ethyl adjacent to an activating group) is 1. The Kier molecular flexibility index (Phi) is 3.01. The van der Waals surface area contributed by atoms with Gasteiger partial charge in [-0.05, 0) is 26.4 Å². The number of nitrogens with zero attached hydrogens (tertiary/aromatic N) is 3. The van der Waals surface area contributed by atoms with Crippen LogP contribution in [0, 0.1) is 0 Å². The van der Waals surface area contributed by atoms with E-state index in [0.717, 1.165) is 25.9 Å². The molecule has 1 aliphatic heterocycles. The molecule has 0 spiro atoms. The molecule has 0 aromatic carbocycles. The molecule has 0 amide bonds. The van der Waals surface area contributed by atoms with E-state index in [0.29, 0.717) is 11.6 Å². The van der Waals surface area contributed by atoms with Crippen molar-refractivity contribution in [3.63, 3.8) is 0 Å². The van der Waals surface area contributed by atoms with Crippen molar-refractivity contribution in [1.82, 2.24) is 14.9 Å². The number of piperidine rings is 1. The van der Waals surface area contributed by atoms with Crippen LogP contribution in [0.5, 0.6) is 5.88 Å². The summed E-state index contributed by atoms with van der Waals surface area (Å²) in [6.07, 6.45) is 5.44. The molecular weight excluding hydrogens is 192 g/mol. The number of hydrogen-bond donors (Lipinski definition) is 1. The molecule has 15 heavy (non-hydrogen) atoms. The van der Waals surface area contributed by atoms with Crippen LogP contribution >= 0.6 is 0 Å². The molecule has 82 valence electrons. The molecule has 0 radical (unpaired) electrons. The van der Waals surface area contributed by atoms with E-state index in [1.54, 1.807) is 6.20 Å². The van der Waals surface area contributed by atoms with E-state index < -0.39 is 0 Å². The highest BCUT2D eigenvalue weighted by molar-refractivity contribution is 5.44. The average molecular weight is 208 g/mol. The third-order valence-electron chi connectivity index (χ3n) is 2.56. The molecule has 1 aliphatic rings. The summed E-state index contributed by atoms with van der Waals surface area (Å²) in [7, 11) is 2.10. The predicted octanol–water partition coefficient (Wildman–Crippen LogP) is 0.532. The first-order valence-electron chi connectivity index (χ1n) is 5.16. The Hall–Kier alpha value is -1.36. The lowest BCUT2D eigenvalue weighted by Gasteiger charge is -2.29. The van der Waals surface area contributed by atoms with Crippen LogP contribution < -0.4 is 10.5 Å². The van der Waals surface area contributed by atoms with Crippen molar-refractivity contribution < 1.29 is 4.74 Å². The van der Waals surface area contributed by atoms with Crippen molar-refractivity contribution in [2.45, 2.75) is 18.9 Å². The molecule has 1 aromatic heterocycles. The largest absolute Gasteiger partial charge is 0.471 e. The minimum absolute atomic E-state index is 0.195. The van der Waals surface area contributed by atoms with Gasteiger partial charge in [0.1, 0.15) is 18.1 Å². The molecule has 0 bridgehead atoms. The van der Waals surface area contributed by atoms with Crippen LogP contribution in [0.25, 0.3) is 0 Å². The van der Waals surface area contributed by atoms with Crippen molar-refractivity contribution in [2.24, 2.45) is 0 Å². The number of aromatic nitrogens is 2. The van der Waals surface area contributed by atoms with Crippen molar-refractivity contribution in [2.75, 3.05) is 25.9 Å². The normalized spacial score (nSPS) is 22.6. The van der Waals surface area contributed by atoms with E-state index in [9.17, 15) is 0 Å². The van der Waals surface area contributed by atoms with Gasteiger partial charge >= 0.3 is 0 Å². The van der Waals surface area contributed by atoms with Crippen LogP contribution in [0.1, 0.15) is 12.8 Å². The Morgan fingerprint density at radius 2 is 2.47 bits per heavy atom. The fraction of sp³-hybridized carbons (Fsp3) is 0.600. The molecule has 1 atom stereocenters. The third-order valence-corrected chi connectivity index (χ3v) is 2.56. The number of nitrogens with two attached hydrogens (primary N) is 1. The first kappa shape index (κ1) is 10.2. The first-order chi connectivity index (χ1) is 7.25. The topological polar surface area (TPSA) is 64.3 Å². The van der Waals surface area contributed by atoms with Gasteiger partial charge in [-0.3, -0.25) is 0 Å². The average Bonchev–Trinajstić information content (AvgIpc) is 2.22. The summed E-state index contributed by atoms with van der Waals surface area (Å²) in [5.41, 5.74) is 6.21. The van der Waals surface area contributed by atoms with Gasteiger partial charge in [0.15, 0.2) is 0 Å². The van der Waals surface area contributed by atoms with Crippen LogP contribution in [0.4, 0.5) is 5.69 Å².